The molecule has 17 heavy (non-hydrogen) atoms. The Labute approximate surface area is 105 Å². The van der Waals surface area contributed by atoms with Gasteiger partial charge in [-0.3, -0.25) is 4.79 Å². The van der Waals surface area contributed by atoms with E-state index in [9.17, 15) is 4.79 Å². The van der Waals surface area contributed by atoms with Gasteiger partial charge >= 0.3 is 0 Å². The third-order valence-corrected chi connectivity index (χ3v) is 4.07. The number of carbonyl (C=O) groups excluding carboxylic acids is 1. The molecule has 3 N–H and O–H groups in total. The third kappa shape index (κ3) is 2.86. The highest BCUT2D eigenvalue weighted by atomic mass is 32.1. The van der Waals surface area contributed by atoms with E-state index in [1.807, 2.05) is 0 Å². The molecule has 2 heterocycles. The molecule has 0 saturated carbocycles. The smallest absolute Gasteiger partial charge is 0.227 e. The van der Waals surface area contributed by atoms with Gasteiger partial charge in [0.05, 0.1) is 25.7 Å². The lowest BCUT2D eigenvalue weighted by Gasteiger charge is -2.13. The van der Waals surface area contributed by atoms with Gasteiger partial charge in [-0.2, -0.15) is 0 Å². The Morgan fingerprint density at radius 2 is 2.47 bits per heavy atom. The Morgan fingerprint density at radius 3 is 3.12 bits per heavy atom. The molecule has 1 aromatic rings. The maximum Gasteiger partial charge on any atom is 0.227 e. The van der Waals surface area contributed by atoms with Crippen molar-refractivity contribution in [2.24, 2.45) is 11.7 Å². The van der Waals surface area contributed by atoms with Gasteiger partial charge in [-0.05, 0) is 23.4 Å². The van der Waals surface area contributed by atoms with Crippen LogP contribution in [0.5, 0.6) is 0 Å². The molecule has 2 rings (SSSR count). The second kappa shape index (κ2) is 5.62. The first kappa shape index (κ1) is 12.5. The first-order valence-corrected chi connectivity index (χ1v) is 6.76. The van der Waals surface area contributed by atoms with Crippen LogP contribution in [0.1, 0.15) is 17.4 Å². The number of carbonyl (C=O) groups is 1. The topological polar surface area (TPSA) is 64.3 Å². The van der Waals surface area contributed by atoms with Crippen LogP contribution in [0.3, 0.4) is 0 Å². The van der Waals surface area contributed by atoms with Crippen molar-refractivity contribution in [3.8, 4) is 0 Å². The van der Waals surface area contributed by atoms with Crippen LogP contribution in [0.15, 0.2) is 11.4 Å². The summed E-state index contributed by atoms with van der Waals surface area (Å²) in [6.07, 6.45) is 1.00. The van der Waals surface area contributed by atoms with Gasteiger partial charge in [0.25, 0.3) is 0 Å². The lowest BCUT2D eigenvalue weighted by Crippen LogP contribution is -2.40. The predicted molar refractivity (Wildman–Crippen MR) is 67.8 cm³/mol. The van der Waals surface area contributed by atoms with Gasteiger partial charge in [-0.1, -0.05) is 6.92 Å². The molecule has 2 atom stereocenters. The van der Waals surface area contributed by atoms with Crippen molar-refractivity contribution in [2.45, 2.75) is 25.9 Å². The minimum absolute atomic E-state index is 0.00505. The molecule has 4 nitrogen and oxygen atoms in total. The molecule has 1 amide bonds. The number of rotatable bonds is 4. The third-order valence-electron chi connectivity index (χ3n) is 3.10. The van der Waals surface area contributed by atoms with Crippen LogP contribution >= 0.6 is 11.3 Å². The maximum absolute atomic E-state index is 11.9. The average Bonchev–Trinajstić information content (AvgIpc) is 2.94. The van der Waals surface area contributed by atoms with Crippen molar-refractivity contribution in [2.75, 3.05) is 13.2 Å². The standard InChI is InChI=1S/C12H18N2O2S/c1-2-8-3-4-17-11(8)5-14-12(15)9-6-16-7-10(9)13/h3-4,9-10H,2,5-7,13H2,1H3,(H,14,15). The zero-order valence-corrected chi connectivity index (χ0v) is 10.8. The monoisotopic (exact) mass is 254 g/mol. The van der Waals surface area contributed by atoms with E-state index in [0.717, 1.165) is 6.42 Å². The van der Waals surface area contributed by atoms with Crippen LogP contribution in [0, 0.1) is 5.92 Å². The lowest BCUT2D eigenvalue weighted by atomic mass is 10.0. The number of hydrogen-bond acceptors (Lipinski definition) is 4. The van der Waals surface area contributed by atoms with Gasteiger partial charge in [0, 0.05) is 10.9 Å². The van der Waals surface area contributed by atoms with E-state index in [1.54, 1.807) is 11.3 Å². The highest BCUT2D eigenvalue weighted by Crippen LogP contribution is 2.18. The quantitative estimate of drug-likeness (QED) is 0.839. The van der Waals surface area contributed by atoms with Gasteiger partial charge in [0.1, 0.15) is 0 Å². The van der Waals surface area contributed by atoms with E-state index in [2.05, 4.69) is 23.7 Å². The molecular formula is C12H18N2O2S. The fourth-order valence-electron chi connectivity index (χ4n) is 1.98. The van der Waals surface area contributed by atoms with Crippen LogP contribution < -0.4 is 11.1 Å². The minimum Gasteiger partial charge on any atom is -0.379 e. The van der Waals surface area contributed by atoms with Gasteiger partial charge in [0.2, 0.25) is 5.91 Å². The van der Waals surface area contributed by atoms with E-state index in [1.165, 1.54) is 10.4 Å². The summed E-state index contributed by atoms with van der Waals surface area (Å²) in [5.74, 6) is -0.189. The number of aryl methyl sites for hydroxylation is 1. The highest BCUT2D eigenvalue weighted by Gasteiger charge is 2.31. The molecule has 0 aromatic carbocycles. The summed E-state index contributed by atoms with van der Waals surface area (Å²) in [5.41, 5.74) is 7.11. The Balaban J connectivity index is 1.88. The SMILES string of the molecule is CCc1ccsc1CNC(=O)C1COCC1N. The lowest BCUT2D eigenvalue weighted by molar-refractivity contribution is -0.125. The zero-order chi connectivity index (χ0) is 12.3. The molecule has 0 bridgehead atoms. The number of ether oxygens (including phenoxy) is 1. The minimum atomic E-state index is -0.194. The molecule has 1 fully saturated rings. The predicted octanol–water partition coefficient (Wildman–Crippen LogP) is 0.900. The Hall–Kier alpha value is -0.910. The number of nitrogens with two attached hydrogens (primary N) is 1. The van der Waals surface area contributed by atoms with E-state index in [4.69, 9.17) is 10.5 Å². The van der Waals surface area contributed by atoms with Crippen molar-refractivity contribution >= 4 is 17.2 Å². The molecule has 5 heteroatoms. The first-order chi connectivity index (χ1) is 8.22. The fraction of sp³-hybridized carbons (Fsp3) is 0.583. The molecule has 94 valence electrons. The molecule has 0 aliphatic carbocycles. The zero-order valence-electron chi connectivity index (χ0n) is 9.94. The largest absolute Gasteiger partial charge is 0.379 e. The molecule has 0 radical (unpaired) electrons. The van der Waals surface area contributed by atoms with Crippen LogP contribution in [0.2, 0.25) is 0 Å². The highest BCUT2D eigenvalue weighted by molar-refractivity contribution is 7.10. The Bertz CT molecular complexity index is 392. The second-order valence-corrected chi connectivity index (χ2v) is 5.25. The fourth-order valence-corrected chi connectivity index (χ4v) is 2.89. The number of amides is 1. The summed E-state index contributed by atoms with van der Waals surface area (Å²) in [6, 6.07) is 1.94. The van der Waals surface area contributed by atoms with Gasteiger partial charge in [0.15, 0.2) is 0 Å². The maximum atomic E-state index is 11.9. The molecule has 1 aliphatic heterocycles. The summed E-state index contributed by atoms with van der Waals surface area (Å²) in [4.78, 5) is 13.1. The van der Waals surface area contributed by atoms with E-state index < -0.39 is 0 Å². The first-order valence-electron chi connectivity index (χ1n) is 5.88. The summed E-state index contributed by atoms with van der Waals surface area (Å²) in [6.45, 7) is 3.65. The molecule has 1 saturated heterocycles. The van der Waals surface area contributed by atoms with Gasteiger partial charge in [-0.15, -0.1) is 11.3 Å². The van der Waals surface area contributed by atoms with Crippen molar-refractivity contribution in [3.05, 3.63) is 21.9 Å². The number of thiophene rings is 1. The number of hydrogen-bond donors (Lipinski definition) is 2. The van der Waals surface area contributed by atoms with E-state index >= 15 is 0 Å². The molecule has 0 spiro atoms. The van der Waals surface area contributed by atoms with E-state index in [0.29, 0.717) is 19.8 Å². The van der Waals surface area contributed by atoms with Gasteiger partial charge < -0.3 is 15.8 Å². The van der Waals surface area contributed by atoms with Crippen LogP contribution in [0.25, 0.3) is 0 Å². The normalized spacial score (nSPS) is 23.9. The van der Waals surface area contributed by atoms with Gasteiger partial charge in [-0.25, -0.2) is 0 Å². The number of nitrogens with one attached hydrogen (secondary N) is 1. The van der Waals surface area contributed by atoms with E-state index in [-0.39, 0.29) is 17.9 Å². The Kier molecular flexibility index (Phi) is 4.15. The summed E-state index contributed by atoms with van der Waals surface area (Å²) in [7, 11) is 0. The van der Waals surface area contributed by atoms with Crippen LogP contribution in [-0.4, -0.2) is 25.2 Å². The summed E-state index contributed by atoms with van der Waals surface area (Å²) in [5, 5.41) is 5.00. The molecule has 1 aromatic heterocycles. The molecule has 1 aliphatic rings. The second-order valence-electron chi connectivity index (χ2n) is 4.25. The van der Waals surface area contributed by atoms with Crippen molar-refractivity contribution < 1.29 is 9.53 Å². The van der Waals surface area contributed by atoms with Crippen molar-refractivity contribution in [1.82, 2.24) is 5.32 Å². The van der Waals surface area contributed by atoms with Crippen molar-refractivity contribution in [3.63, 3.8) is 0 Å². The summed E-state index contributed by atoms with van der Waals surface area (Å²) >= 11 is 1.68. The Morgan fingerprint density at radius 1 is 1.65 bits per heavy atom. The van der Waals surface area contributed by atoms with Crippen LogP contribution in [0.4, 0.5) is 0 Å². The summed E-state index contributed by atoms with van der Waals surface area (Å²) < 4.78 is 5.19. The molecular weight excluding hydrogens is 236 g/mol. The molecule has 2 unspecified atom stereocenters. The van der Waals surface area contributed by atoms with Crippen LogP contribution in [-0.2, 0) is 22.5 Å². The average molecular weight is 254 g/mol. The van der Waals surface area contributed by atoms with Crippen molar-refractivity contribution in [1.29, 1.82) is 0 Å².